The van der Waals surface area contributed by atoms with Crippen LogP contribution >= 0.6 is 11.3 Å². The minimum atomic E-state index is -0.0181. The van der Waals surface area contributed by atoms with Crippen molar-refractivity contribution in [3.63, 3.8) is 0 Å². The van der Waals surface area contributed by atoms with E-state index in [1.807, 2.05) is 7.05 Å². The van der Waals surface area contributed by atoms with Crippen LogP contribution < -0.4 is 0 Å². The molecule has 2 aromatic rings. The maximum absolute atomic E-state index is 12.8. The summed E-state index contributed by atoms with van der Waals surface area (Å²) in [4.78, 5) is 22.9. The summed E-state index contributed by atoms with van der Waals surface area (Å²) in [5.74, 6) is 0.688. The summed E-state index contributed by atoms with van der Waals surface area (Å²) in [5, 5.41) is 13.0. The number of aryl methyl sites for hydroxylation is 2. The Balaban J connectivity index is 1.35. The summed E-state index contributed by atoms with van der Waals surface area (Å²) >= 11 is 1.75. The van der Waals surface area contributed by atoms with Crippen LogP contribution in [0.25, 0.3) is 0 Å². The molecule has 1 aliphatic heterocycles. The molecule has 1 amide bonds. The van der Waals surface area contributed by atoms with E-state index in [0.29, 0.717) is 18.9 Å². The number of likely N-dealkylation sites (N-methyl/N-ethyl adjacent to an activating group) is 1. The van der Waals surface area contributed by atoms with E-state index in [0.717, 1.165) is 30.9 Å². The highest BCUT2D eigenvalue weighted by molar-refractivity contribution is 7.11. The molecule has 0 bridgehead atoms. The lowest BCUT2D eigenvalue weighted by Crippen LogP contribution is -2.45. The molecule has 0 radical (unpaired) electrons. The lowest BCUT2D eigenvalue weighted by Gasteiger charge is -2.34. The number of amides is 1. The standard InChI is InChI=1S/C19H29N7O2S/c1-13-8-25(9-14(2)28-13)10-17-21-22-23-26(17)12-19(27)24(3)11-18-20-15-6-4-5-7-16(15)29-18/h13-14H,4-12H2,1-3H3/t13-,14+. The Labute approximate surface area is 175 Å². The normalized spacial score (nSPS) is 22.4. The van der Waals surface area contributed by atoms with Crippen molar-refractivity contribution in [2.45, 2.75) is 71.4 Å². The molecular formula is C19H29N7O2S. The third-order valence-electron chi connectivity index (χ3n) is 5.44. The van der Waals surface area contributed by atoms with Crippen molar-refractivity contribution in [3.8, 4) is 0 Å². The van der Waals surface area contributed by atoms with Crippen molar-refractivity contribution < 1.29 is 9.53 Å². The van der Waals surface area contributed by atoms with E-state index in [1.165, 1.54) is 23.4 Å². The number of fused-ring (bicyclic) bond motifs is 1. The summed E-state index contributed by atoms with van der Waals surface area (Å²) in [5.41, 5.74) is 1.23. The first-order chi connectivity index (χ1) is 14.0. The maximum Gasteiger partial charge on any atom is 0.244 e. The van der Waals surface area contributed by atoms with Gasteiger partial charge in [0, 0.05) is 25.0 Å². The fourth-order valence-corrected chi connectivity index (χ4v) is 5.30. The Kier molecular flexibility index (Phi) is 6.21. The SMILES string of the molecule is C[C@@H]1CN(Cc2nnnn2CC(=O)N(C)Cc2nc3c(s2)CCCC3)C[C@H](C)O1. The predicted octanol–water partition coefficient (Wildman–Crippen LogP) is 1.28. The molecule has 2 aliphatic rings. The van der Waals surface area contributed by atoms with Crippen LogP contribution in [0.4, 0.5) is 0 Å². The van der Waals surface area contributed by atoms with Crippen LogP contribution in [0.5, 0.6) is 0 Å². The van der Waals surface area contributed by atoms with Crippen molar-refractivity contribution in [2.75, 3.05) is 20.1 Å². The van der Waals surface area contributed by atoms with Gasteiger partial charge in [-0.15, -0.1) is 16.4 Å². The van der Waals surface area contributed by atoms with Crippen molar-refractivity contribution in [1.29, 1.82) is 0 Å². The second-order valence-corrected chi connectivity index (χ2v) is 9.31. The molecule has 2 aromatic heterocycles. The smallest absolute Gasteiger partial charge is 0.244 e. The van der Waals surface area contributed by atoms with Gasteiger partial charge >= 0.3 is 0 Å². The monoisotopic (exact) mass is 419 g/mol. The fourth-order valence-electron chi connectivity index (χ4n) is 4.09. The lowest BCUT2D eigenvalue weighted by atomic mass is 10.0. The molecule has 0 spiro atoms. The van der Waals surface area contributed by atoms with Gasteiger partial charge in [0.05, 0.1) is 31.0 Å². The van der Waals surface area contributed by atoms with Crippen LogP contribution in [0.15, 0.2) is 0 Å². The zero-order valence-electron chi connectivity index (χ0n) is 17.4. The van der Waals surface area contributed by atoms with E-state index in [1.54, 1.807) is 20.9 Å². The Morgan fingerprint density at radius 3 is 2.76 bits per heavy atom. The van der Waals surface area contributed by atoms with Gasteiger partial charge in [-0.2, -0.15) is 0 Å². The third-order valence-corrected chi connectivity index (χ3v) is 6.58. The summed E-state index contributed by atoms with van der Waals surface area (Å²) in [7, 11) is 1.82. The molecule has 4 rings (SSSR count). The van der Waals surface area contributed by atoms with Gasteiger partial charge in [-0.1, -0.05) is 0 Å². The van der Waals surface area contributed by atoms with Gasteiger partial charge in [-0.05, 0) is 50.0 Å². The molecule has 3 heterocycles. The Hall–Kier alpha value is -1.91. The molecule has 29 heavy (non-hydrogen) atoms. The summed E-state index contributed by atoms with van der Waals surface area (Å²) < 4.78 is 7.39. The predicted molar refractivity (Wildman–Crippen MR) is 108 cm³/mol. The highest BCUT2D eigenvalue weighted by Gasteiger charge is 2.25. The topological polar surface area (TPSA) is 89.3 Å². The Bertz CT molecular complexity index is 818. The first kappa shape index (κ1) is 20.4. The molecule has 0 unspecified atom stereocenters. The lowest BCUT2D eigenvalue weighted by molar-refractivity contribution is -0.131. The zero-order chi connectivity index (χ0) is 20.4. The van der Waals surface area contributed by atoms with Crippen LogP contribution in [-0.4, -0.2) is 73.2 Å². The fraction of sp³-hybridized carbons (Fsp3) is 0.737. The minimum Gasteiger partial charge on any atom is -0.373 e. The molecule has 0 N–H and O–H groups in total. The van der Waals surface area contributed by atoms with E-state index in [9.17, 15) is 4.79 Å². The number of rotatable bonds is 6. The average molecular weight is 420 g/mol. The van der Waals surface area contributed by atoms with E-state index >= 15 is 0 Å². The molecule has 9 nitrogen and oxygen atoms in total. The molecule has 1 fully saturated rings. The summed E-state index contributed by atoms with van der Waals surface area (Å²) in [6.07, 6.45) is 5.01. The highest BCUT2D eigenvalue weighted by Crippen LogP contribution is 2.27. The first-order valence-electron chi connectivity index (χ1n) is 10.3. The number of hydrogen-bond acceptors (Lipinski definition) is 8. The molecule has 158 valence electrons. The number of thiazole rings is 1. The summed E-state index contributed by atoms with van der Waals surface area (Å²) in [6, 6.07) is 0. The van der Waals surface area contributed by atoms with Crippen LogP contribution in [0.3, 0.4) is 0 Å². The van der Waals surface area contributed by atoms with Crippen LogP contribution in [0, 0.1) is 0 Å². The molecule has 1 aliphatic carbocycles. The Morgan fingerprint density at radius 2 is 2.00 bits per heavy atom. The first-order valence-corrected chi connectivity index (χ1v) is 11.1. The molecule has 0 saturated carbocycles. The van der Waals surface area contributed by atoms with Gasteiger partial charge in [-0.25, -0.2) is 9.67 Å². The average Bonchev–Trinajstić information content (AvgIpc) is 3.27. The maximum atomic E-state index is 12.8. The molecule has 10 heteroatoms. The number of carbonyl (C=O) groups is 1. The highest BCUT2D eigenvalue weighted by atomic mass is 32.1. The largest absolute Gasteiger partial charge is 0.373 e. The molecule has 0 aromatic carbocycles. The number of ether oxygens (including phenoxy) is 1. The van der Waals surface area contributed by atoms with Crippen LogP contribution in [-0.2, 0) is 42.0 Å². The number of carbonyl (C=O) groups excluding carboxylic acids is 1. The van der Waals surface area contributed by atoms with Gasteiger partial charge in [0.25, 0.3) is 0 Å². The quantitative estimate of drug-likeness (QED) is 0.697. The molecule has 2 atom stereocenters. The van der Waals surface area contributed by atoms with Crippen LogP contribution in [0.2, 0.25) is 0 Å². The number of hydrogen-bond donors (Lipinski definition) is 0. The third kappa shape index (κ3) is 4.99. The Morgan fingerprint density at radius 1 is 1.24 bits per heavy atom. The number of nitrogens with zero attached hydrogens (tertiary/aromatic N) is 7. The number of tetrazole rings is 1. The van der Waals surface area contributed by atoms with Crippen molar-refractivity contribution in [3.05, 3.63) is 21.4 Å². The summed E-state index contributed by atoms with van der Waals surface area (Å²) in [6.45, 7) is 7.09. The zero-order valence-corrected chi connectivity index (χ0v) is 18.2. The van der Waals surface area contributed by atoms with E-state index in [4.69, 9.17) is 9.72 Å². The van der Waals surface area contributed by atoms with E-state index in [-0.39, 0.29) is 24.7 Å². The van der Waals surface area contributed by atoms with Gasteiger partial charge < -0.3 is 9.64 Å². The number of morpholine rings is 1. The van der Waals surface area contributed by atoms with Gasteiger partial charge in [-0.3, -0.25) is 9.69 Å². The van der Waals surface area contributed by atoms with Crippen molar-refractivity contribution in [2.24, 2.45) is 0 Å². The second-order valence-electron chi connectivity index (χ2n) is 8.14. The van der Waals surface area contributed by atoms with Gasteiger partial charge in [0.2, 0.25) is 5.91 Å². The number of aromatic nitrogens is 5. The van der Waals surface area contributed by atoms with E-state index < -0.39 is 0 Å². The molecular weight excluding hydrogens is 390 g/mol. The van der Waals surface area contributed by atoms with Crippen LogP contribution in [0.1, 0.15) is 48.1 Å². The van der Waals surface area contributed by atoms with Crippen molar-refractivity contribution >= 4 is 17.2 Å². The minimum absolute atomic E-state index is 0.0181. The van der Waals surface area contributed by atoms with Crippen molar-refractivity contribution in [1.82, 2.24) is 35.0 Å². The molecule has 1 saturated heterocycles. The van der Waals surface area contributed by atoms with Gasteiger partial charge in [0.1, 0.15) is 11.6 Å². The van der Waals surface area contributed by atoms with E-state index in [2.05, 4.69) is 34.3 Å². The second kappa shape index (κ2) is 8.85. The van der Waals surface area contributed by atoms with Gasteiger partial charge in [0.15, 0.2) is 5.82 Å².